The van der Waals surface area contributed by atoms with Crippen LogP contribution in [-0.2, 0) is 6.54 Å². The third-order valence-electron chi connectivity index (χ3n) is 3.32. The van der Waals surface area contributed by atoms with Gasteiger partial charge in [0.25, 0.3) is 0 Å². The maximum atomic E-state index is 9.93. The van der Waals surface area contributed by atoms with E-state index in [1.54, 1.807) is 7.11 Å². The van der Waals surface area contributed by atoms with Gasteiger partial charge < -0.3 is 9.84 Å². The number of benzene rings is 1. The summed E-state index contributed by atoms with van der Waals surface area (Å²) in [5, 5.41) is 9.93. The molecule has 1 N–H and O–H groups in total. The highest BCUT2D eigenvalue weighted by Crippen LogP contribution is 2.29. The van der Waals surface area contributed by atoms with Crippen molar-refractivity contribution in [3.8, 4) is 5.75 Å². The molecule has 1 fully saturated rings. The highest BCUT2D eigenvalue weighted by Gasteiger charge is 2.38. The minimum atomic E-state index is -0.455. The summed E-state index contributed by atoms with van der Waals surface area (Å²) < 4.78 is 6.17. The lowest BCUT2D eigenvalue weighted by molar-refractivity contribution is -0.103. The van der Waals surface area contributed by atoms with Crippen molar-refractivity contribution in [2.24, 2.45) is 0 Å². The Hall–Kier alpha value is -0.580. The van der Waals surface area contributed by atoms with E-state index in [9.17, 15) is 5.11 Å². The number of rotatable bonds is 4. The lowest BCUT2D eigenvalue weighted by Crippen LogP contribution is -2.60. The molecule has 0 aliphatic carbocycles. The third kappa shape index (κ3) is 2.81. The summed E-state index contributed by atoms with van der Waals surface area (Å²) in [7, 11) is 1.66. The first kappa shape index (κ1) is 12.9. The normalized spacial score (nSPS) is 18.8. The van der Waals surface area contributed by atoms with Crippen molar-refractivity contribution in [1.29, 1.82) is 0 Å². The fourth-order valence-electron chi connectivity index (χ4n) is 2.19. The highest BCUT2D eigenvalue weighted by molar-refractivity contribution is 9.10. The maximum Gasteiger partial charge on any atom is 0.133 e. The van der Waals surface area contributed by atoms with Gasteiger partial charge in [-0.25, -0.2) is 0 Å². The summed E-state index contributed by atoms with van der Waals surface area (Å²) in [5.74, 6) is 0.849. The number of β-amino-alcohol motifs (C(OH)–C–C–N with tert-alkyl or cyclic N) is 1. The lowest BCUT2D eigenvalue weighted by Gasteiger charge is -2.46. The number of aliphatic hydroxyl groups is 1. The van der Waals surface area contributed by atoms with Crippen LogP contribution in [0.25, 0.3) is 0 Å². The summed E-state index contributed by atoms with van der Waals surface area (Å²) in [5.41, 5.74) is 0.778. The zero-order valence-corrected chi connectivity index (χ0v) is 11.8. The number of halogens is 1. The molecule has 0 bridgehead atoms. The van der Waals surface area contributed by atoms with Crippen molar-refractivity contribution in [3.63, 3.8) is 0 Å². The third-order valence-corrected chi connectivity index (χ3v) is 3.94. The molecule has 3 nitrogen and oxygen atoms in total. The van der Waals surface area contributed by atoms with Crippen molar-refractivity contribution in [2.45, 2.75) is 25.5 Å². The predicted molar refractivity (Wildman–Crippen MR) is 71.2 cm³/mol. The first-order valence-electron chi connectivity index (χ1n) is 5.83. The number of hydrogen-bond donors (Lipinski definition) is 1. The molecular formula is C13H18BrNO2. The molecular weight excluding hydrogens is 282 g/mol. The largest absolute Gasteiger partial charge is 0.496 e. The number of likely N-dealkylation sites (tertiary alicyclic amines) is 1. The van der Waals surface area contributed by atoms with Crippen LogP contribution in [0.15, 0.2) is 22.7 Å². The van der Waals surface area contributed by atoms with Gasteiger partial charge in [0.05, 0.1) is 17.2 Å². The van der Waals surface area contributed by atoms with Crippen LogP contribution >= 0.6 is 15.9 Å². The van der Waals surface area contributed by atoms with Crippen LogP contribution in [0.1, 0.15) is 18.9 Å². The molecule has 0 saturated carbocycles. The molecule has 4 heteroatoms. The summed E-state index contributed by atoms with van der Waals surface area (Å²) in [6.07, 6.45) is 0.829. The van der Waals surface area contributed by atoms with Gasteiger partial charge in [0.2, 0.25) is 0 Å². The van der Waals surface area contributed by atoms with Crippen molar-refractivity contribution in [2.75, 3.05) is 20.2 Å². The van der Waals surface area contributed by atoms with E-state index < -0.39 is 5.60 Å². The van der Waals surface area contributed by atoms with E-state index in [1.807, 2.05) is 13.0 Å². The van der Waals surface area contributed by atoms with Crippen LogP contribution in [0, 0.1) is 0 Å². The average molecular weight is 300 g/mol. The van der Waals surface area contributed by atoms with E-state index in [1.165, 1.54) is 5.56 Å². The quantitative estimate of drug-likeness (QED) is 0.927. The molecule has 0 spiro atoms. The van der Waals surface area contributed by atoms with Gasteiger partial charge in [0, 0.05) is 19.6 Å². The molecule has 0 unspecified atom stereocenters. The summed E-state index contributed by atoms with van der Waals surface area (Å²) in [6.45, 7) is 4.45. The number of hydrogen-bond acceptors (Lipinski definition) is 3. The second-order valence-corrected chi connectivity index (χ2v) is 5.55. The minimum Gasteiger partial charge on any atom is -0.496 e. The Balaban J connectivity index is 1.95. The highest BCUT2D eigenvalue weighted by atomic mass is 79.9. The van der Waals surface area contributed by atoms with Gasteiger partial charge in [-0.05, 0) is 40.0 Å². The van der Waals surface area contributed by atoms with Crippen LogP contribution in [0.5, 0.6) is 5.75 Å². The van der Waals surface area contributed by atoms with Crippen molar-refractivity contribution < 1.29 is 9.84 Å². The monoisotopic (exact) mass is 299 g/mol. The fraction of sp³-hybridized carbons (Fsp3) is 0.538. The van der Waals surface area contributed by atoms with Gasteiger partial charge in [-0.3, -0.25) is 4.90 Å². The van der Waals surface area contributed by atoms with Gasteiger partial charge >= 0.3 is 0 Å². The van der Waals surface area contributed by atoms with Crippen molar-refractivity contribution in [3.05, 3.63) is 28.2 Å². The van der Waals surface area contributed by atoms with Gasteiger partial charge in [0.1, 0.15) is 5.75 Å². The predicted octanol–water partition coefficient (Wildman–Crippen LogP) is 2.41. The second-order valence-electron chi connectivity index (χ2n) is 4.69. The molecule has 2 rings (SSSR count). The Bertz CT molecular complexity index is 402. The molecule has 0 radical (unpaired) electrons. The Kier molecular flexibility index (Phi) is 3.76. The summed E-state index contributed by atoms with van der Waals surface area (Å²) in [4.78, 5) is 2.25. The van der Waals surface area contributed by atoms with Crippen LogP contribution in [0.4, 0.5) is 0 Å². The Labute approximate surface area is 111 Å². The zero-order chi connectivity index (χ0) is 12.5. The fourth-order valence-corrected chi connectivity index (χ4v) is 2.78. The molecule has 1 saturated heterocycles. The maximum absolute atomic E-state index is 9.93. The van der Waals surface area contributed by atoms with E-state index in [2.05, 4.69) is 33.0 Å². The topological polar surface area (TPSA) is 32.7 Å². The Morgan fingerprint density at radius 2 is 2.18 bits per heavy atom. The van der Waals surface area contributed by atoms with E-state index in [-0.39, 0.29) is 0 Å². The first-order valence-corrected chi connectivity index (χ1v) is 6.63. The average Bonchev–Trinajstić information content (AvgIpc) is 2.27. The number of ether oxygens (including phenoxy) is 1. The van der Waals surface area contributed by atoms with E-state index >= 15 is 0 Å². The zero-order valence-electron chi connectivity index (χ0n) is 10.2. The van der Waals surface area contributed by atoms with Crippen LogP contribution in [-0.4, -0.2) is 35.8 Å². The molecule has 0 aromatic heterocycles. The van der Waals surface area contributed by atoms with E-state index in [0.29, 0.717) is 0 Å². The Morgan fingerprint density at radius 3 is 2.71 bits per heavy atom. The minimum absolute atomic E-state index is 0.455. The van der Waals surface area contributed by atoms with E-state index in [0.717, 1.165) is 36.3 Å². The Morgan fingerprint density at radius 1 is 1.47 bits per heavy atom. The molecule has 1 aromatic rings. The molecule has 1 aliphatic heterocycles. The summed E-state index contributed by atoms with van der Waals surface area (Å²) >= 11 is 3.48. The molecule has 1 aromatic carbocycles. The number of methoxy groups -OCH3 is 1. The summed E-state index contributed by atoms with van der Waals surface area (Å²) in [6, 6.07) is 6.10. The second kappa shape index (κ2) is 4.96. The van der Waals surface area contributed by atoms with Crippen LogP contribution in [0.2, 0.25) is 0 Å². The van der Waals surface area contributed by atoms with Crippen molar-refractivity contribution in [1.82, 2.24) is 4.90 Å². The van der Waals surface area contributed by atoms with Gasteiger partial charge in [-0.1, -0.05) is 13.0 Å². The first-order chi connectivity index (χ1) is 8.06. The molecule has 0 atom stereocenters. The number of nitrogens with zero attached hydrogens (tertiary/aromatic N) is 1. The van der Waals surface area contributed by atoms with Gasteiger partial charge in [-0.15, -0.1) is 0 Å². The van der Waals surface area contributed by atoms with Gasteiger partial charge in [-0.2, -0.15) is 0 Å². The SMILES string of the molecule is CCC1(O)CN(Cc2ccc(OC)c(Br)c2)C1. The van der Waals surface area contributed by atoms with Gasteiger partial charge in [0.15, 0.2) is 0 Å². The molecule has 0 amide bonds. The van der Waals surface area contributed by atoms with Crippen LogP contribution < -0.4 is 4.74 Å². The molecule has 1 heterocycles. The molecule has 94 valence electrons. The molecule has 17 heavy (non-hydrogen) atoms. The van der Waals surface area contributed by atoms with E-state index in [4.69, 9.17) is 4.74 Å². The molecule has 1 aliphatic rings. The smallest absolute Gasteiger partial charge is 0.133 e. The van der Waals surface area contributed by atoms with Crippen molar-refractivity contribution >= 4 is 15.9 Å². The standard InChI is InChI=1S/C13H18BrNO2/c1-3-13(16)8-15(9-13)7-10-4-5-12(17-2)11(14)6-10/h4-6,16H,3,7-9H2,1-2H3. The lowest BCUT2D eigenvalue weighted by atomic mass is 9.91. The van der Waals surface area contributed by atoms with Crippen LogP contribution in [0.3, 0.4) is 0 Å².